The van der Waals surface area contributed by atoms with E-state index in [1.807, 2.05) is 19.1 Å². The Labute approximate surface area is 94.9 Å². The molecule has 0 radical (unpaired) electrons. The standard InChI is InChI=1S/C11H15ClN2O/c1-9(13)7-10-3-4-11(8-14-10)15-6-2-5-12/h2-5,8-9H,6-7,13H2,1H3. The fraction of sp³-hybridized carbons (Fsp3) is 0.364. The van der Waals surface area contributed by atoms with Gasteiger partial charge in [0, 0.05) is 23.7 Å². The highest BCUT2D eigenvalue weighted by Gasteiger charge is 1.99. The lowest BCUT2D eigenvalue weighted by molar-refractivity contribution is 0.361. The molecule has 82 valence electrons. The van der Waals surface area contributed by atoms with Gasteiger partial charge in [0.2, 0.25) is 0 Å². The van der Waals surface area contributed by atoms with Gasteiger partial charge in [-0.1, -0.05) is 11.6 Å². The summed E-state index contributed by atoms with van der Waals surface area (Å²) in [5.41, 5.74) is 8.07. The molecule has 0 bridgehead atoms. The van der Waals surface area contributed by atoms with Crippen molar-refractivity contribution in [2.45, 2.75) is 19.4 Å². The Morgan fingerprint density at radius 3 is 2.93 bits per heavy atom. The van der Waals surface area contributed by atoms with Gasteiger partial charge in [-0.25, -0.2) is 0 Å². The maximum atomic E-state index is 5.67. The van der Waals surface area contributed by atoms with Crippen LogP contribution in [0, 0.1) is 0 Å². The molecule has 0 aliphatic carbocycles. The first kappa shape index (κ1) is 12.0. The Morgan fingerprint density at radius 2 is 2.40 bits per heavy atom. The van der Waals surface area contributed by atoms with Gasteiger partial charge in [-0.2, -0.15) is 0 Å². The predicted octanol–water partition coefficient (Wildman–Crippen LogP) is 2.10. The number of hydrogen-bond donors (Lipinski definition) is 1. The molecule has 3 nitrogen and oxygen atoms in total. The second kappa shape index (κ2) is 6.43. The van der Waals surface area contributed by atoms with Gasteiger partial charge < -0.3 is 10.5 Å². The van der Waals surface area contributed by atoms with Crippen molar-refractivity contribution < 1.29 is 4.74 Å². The second-order valence-corrected chi connectivity index (χ2v) is 3.59. The average molecular weight is 227 g/mol. The van der Waals surface area contributed by atoms with E-state index < -0.39 is 0 Å². The zero-order chi connectivity index (χ0) is 11.1. The molecule has 0 saturated carbocycles. The van der Waals surface area contributed by atoms with Crippen LogP contribution in [0.25, 0.3) is 0 Å². The minimum atomic E-state index is 0.128. The van der Waals surface area contributed by atoms with Gasteiger partial charge in [0.05, 0.1) is 6.20 Å². The number of rotatable bonds is 5. The monoisotopic (exact) mass is 226 g/mol. The number of nitrogens with two attached hydrogens (primary N) is 1. The van der Waals surface area contributed by atoms with Crippen LogP contribution in [0.2, 0.25) is 0 Å². The van der Waals surface area contributed by atoms with Gasteiger partial charge in [-0.15, -0.1) is 0 Å². The van der Waals surface area contributed by atoms with Crippen molar-refractivity contribution in [2.75, 3.05) is 6.61 Å². The maximum Gasteiger partial charge on any atom is 0.138 e. The van der Waals surface area contributed by atoms with E-state index in [0.29, 0.717) is 6.61 Å². The molecule has 1 rings (SSSR count). The van der Waals surface area contributed by atoms with Crippen LogP contribution >= 0.6 is 11.6 Å². The Kier molecular flexibility index (Phi) is 5.15. The van der Waals surface area contributed by atoms with Crippen LogP contribution in [-0.2, 0) is 6.42 Å². The Morgan fingerprint density at radius 1 is 1.60 bits per heavy atom. The zero-order valence-electron chi connectivity index (χ0n) is 8.69. The van der Waals surface area contributed by atoms with Crippen LogP contribution in [-0.4, -0.2) is 17.6 Å². The number of nitrogens with zero attached hydrogens (tertiary/aromatic N) is 1. The van der Waals surface area contributed by atoms with Crippen LogP contribution in [0.5, 0.6) is 5.75 Å². The molecule has 0 aliphatic rings. The van der Waals surface area contributed by atoms with Gasteiger partial charge in [0.1, 0.15) is 12.4 Å². The molecule has 1 unspecified atom stereocenters. The molecule has 1 aromatic heterocycles. The summed E-state index contributed by atoms with van der Waals surface area (Å²) in [5, 5.41) is 0. The van der Waals surface area contributed by atoms with Crippen molar-refractivity contribution in [3.63, 3.8) is 0 Å². The summed E-state index contributed by atoms with van der Waals surface area (Å²) in [6.07, 6.45) is 4.19. The van der Waals surface area contributed by atoms with Crippen LogP contribution < -0.4 is 10.5 Å². The third-order valence-corrected chi connectivity index (χ3v) is 1.94. The lowest BCUT2D eigenvalue weighted by Gasteiger charge is -2.06. The minimum Gasteiger partial charge on any atom is -0.488 e. The van der Waals surface area contributed by atoms with Gasteiger partial charge in [-0.05, 0) is 25.1 Å². The molecule has 4 heteroatoms. The van der Waals surface area contributed by atoms with Crippen LogP contribution in [0.3, 0.4) is 0 Å². The fourth-order valence-electron chi connectivity index (χ4n) is 1.13. The van der Waals surface area contributed by atoms with Crippen LogP contribution in [0.15, 0.2) is 29.9 Å². The summed E-state index contributed by atoms with van der Waals surface area (Å²) in [6.45, 7) is 2.41. The molecule has 2 N–H and O–H groups in total. The lowest BCUT2D eigenvalue weighted by Crippen LogP contribution is -2.18. The van der Waals surface area contributed by atoms with Crippen molar-refractivity contribution in [2.24, 2.45) is 5.73 Å². The fourth-order valence-corrected chi connectivity index (χ4v) is 1.20. The summed E-state index contributed by atoms with van der Waals surface area (Å²) in [6, 6.07) is 3.93. The number of hydrogen-bond acceptors (Lipinski definition) is 3. The Bertz CT molecular complexity index is 309. The topological polar surface area (TPSA) is 48.1 Å². The molecule has 1 heterocycles. The van der Waals surface area contributed by atoms with Gasteiger partial charge in [-0.3, -0.25) is 4.98 Å². The molecule has 0 saturated heterocycles. The van der Waals surface area contributed by atoms with E-state index >= 15 is 0 Å². The summed E-state index contributed by atoms with van der Waals surface area (Å²) in [7, 11) is 0. The lowest BCUT2D eigenvalue weighted by atomic mass is 10.2. The average Bonchev–Trinajstić information content (AvgIpc) is 2.20. The smallest absolute Gasteiger partial charge is 0.138 e. The highest BCUT2D eigenvalue weighted by atomic mass is 35.5. The molecule has 1 aromatic rings. The molecule has 0 amide bonds. The summed E-state index contributed by atoms with van der Waals surface area (Å²) >= 11 is 5.36. The number of halogens is 1. The van der Waals surface area contributed by atoms with E-state index in [1.165, 1.54) is 5.54 Å². The van der Waals surface area contributed by atoms with Crippen LogP contribution in [0.1, 0.15) is 12.6 Å². The van der Waals surface area contributed by atoms with E-state index in [-0.39, 0.29) is 6.04 Å². The molecule has 0 aromatic carbocycles. The van der Waals surface area contributed by atoms with Crippen molar-refractivity contribution >= 4 is 11.6 Å². The minimum absolute atomic E-state index is 0.128. The second-order valence-electron chi connectivity index (χ2n) is 3.34. The first-order chi connectivity index (χ1) is 7.22. The van der Waals surface area contributed by atoms with E-state index in [0.717, 1.165) is 17.9 Å². The third kappa shape index (κ3) is 4.81. The van der Waals surface area contributed by atoms with Crippen LogP contribution in [0.4, 0.5) is 0 Å². The summed E-state index contributed by atoms with van der Waals surface area (Å²) in [4.78, 5) is 4.24. The van der Waals surface area contributed by atoms with Gasteiger partial charge in [0.25, 0.3) is 0 Å². The van der Waals surface area contributed by atoms with Gasteiger partial charge in [0.15, 0.2) is 0 Å². The summed E-state index contributed by atoms with van der Waals surface area (Å²) < 4.78 is 5.34. The summed E-state index contributed by atoms with van der Waals surface area (Å²) in [5.74, 6) is 0.734. The third-order valence-electron chi connectivity index (χ3n) is 1.76. The predicted molar refractivity (Wildman–Crippen MR) is 62.1 cm³/mol. The Hall–Kier alpha value is -1.06. The normalized spacial score (nSPS) is 13.0. The van der Waals surface area contributed by atoms with E-state index in [4.69, 9.17) is 22.1 Å². The van der Waals surface area contributed by atoms with Crippen molar-refractivity contribution in [1.82, 2.24) is 4.98 Å². The highest BCUT2D eigenvalue weighted by Crippen LogP contribution is 2.09. The highest BCUT2D eigenvalue weighted by molar-refractivity contribution is 6.25. The zero-order valence-corrected chi connectivity index (χ0v) is 9.45. The molecule has 15 heavy (non-hydrogen) atoms. The maximum absolute atomic E-state index is 5.67. The van der Waals surface area contributed by atoms with E-state index in [9.17, 15) is 0 Å². The number of pyridine rings is 1. The van der Waals surface area contributed by atoms with Crippen molar-refractivity contribution in [1.29, 1.82) is 0 Å². The molecule has 0 spiro atoms. The molecule has 0 fully saturated rings. The first-order valence-electron chi connectivity index (χ1n) is 4.81. The first-order valence-corrected chi connectivity index (χ1v) is 5.24. The largest absolute Gasteiger partial charge is 0.488 e. The molecular formula is C11H15ClN2O. The number of ether oxygens (including phenoxy) is 1. The molecule has 0 aliphatic heterocycles. The van der Waals surface area contributed by atoms with Crippen molar-refractivity contribution in [3.8, 4) is 5.75 Å². The van der Waals surface area contributed by atoms with E-state index in [2.05, 4.69) is 4.98 Å². The van der Waals surface area contributed by atoms with Gasteiger partial charge >= 0.3 is 0 Å². The quantitative estimate of drug-likeness (QED) is 0.837. The SMILES string of the molecule is CC(N)Cc1ccc(OCC=CCl)cn1. The Balaban J connectivity index is 2.48. The van der Waals surface area contributed by atoms with Crippen molar-refractivity contribution in [3.05, 3.63) is 35.6 Å². The molecular weight excluding hydrogens is 212 g/mol. The number of aromatic nitrogens is 1. The van der Waals surface area contributed by atoms with E-state index in [1.54, 1.807) is 12.3 Å². The molecule has 1 atom stereocenters.